The van der Waals surface area contributed by atoms with Crippen molar-refractivity contribution in [1.82, 2.24) is 4.31 Å². The third kappa shape index (κ3) is 4.71. The van der Waals surface area contributed by atoms with Gasteiger partial charge in [0.05, 0.1) is 25.6 Å². The Hall–Kier alpha value is -2.12. The minimum atomic E-state index is -3.52. The maximum Gasteiger partial charge on any atom is 0.239 e. The molecule has 1 amide bonds. The Kier molecular flexibility index (Phi) is 4.99. The van der Waals surface area contributed by atoms with Gasteiger partial charge in [-0.15, -0.1) is 0 Å². The molecule has 118 valence electrons. The molecule has 0 spiro atoms. The molecule has 1 heterocycles. The summed E-state index contributed by atoms with van der Waals surface area (Å²) in [4.78, 5) is 12.0. The molecule has 2 aromatic rings. The summed E-state index contributed by atoms with van der Waals surface area (Å²) in [6, 6.07) is 10.6. The molecule has 0 saturated heterocycles. The molecular formula is C15H18N2O4S. The van der Waals surface area contributed by atoms with Crippen LogP contribution >= 0.6 is 0 Å². The molecule has 0 aliphatic heterocycles. The fraction of sp³-hybridized carbons (Fsp3) is 0.267. The highest BCUT2D eigenvalue weighted by molar-refractivity contribution is 7.88. The van der Waals surface area contributed by atoms with Crippen LogP contribution in [0.4, 0.5) is 5.69 Å². The van der Waals surface area contributed by atoms with E-state index in [0.29, 0.717) is 11.4 Å². The maximum absolute atomic E-state index is 12.0. The molecule has 0 bridgehead atoms. The van der Waals surface area contributed by atoms with E-state index >= 15 is 0 Å². The Morgan fingerprint density at radius 1 is 1.23 bits per heavy atom. The Bertz CT molecular complexity index is 721. The number of hydrogen-bond donors (Lipinski definition) is 1. The summed E-state index contributed by atoms with van der Waals surface area (Å²) in [5.41, 5.74) is 1.70. The van der Waals surface area contributed by atoms with Crippen LogP contribution in [0.1, 0.15) is 11.3 Å². The molecule has 0 radical (unpaired) electrons. The Labute approximate surface area is 129 Å². The summed E-state index contributed by atoms with van der Waals surface area (Å²) >= 11 is 0. The van der Waals surface area contributed by atoms with Crippen LogP contribution in [0.25, 0.3) is 0 Å². The third-order valence-electron chi connectivity index (χ3n) is 3.04. The van der Waals surface area contributed by atoms with Crippen LogP contribution in [0.5, 0.6) is 0 Å². The van der Waals surface area contributed by atoms with Crippen LogP contribution in [0.2, 0.25) is 0 Å². The average molecular weight is 322 g/mol. The fourth-order valence-electron chi connectivity index (χ4n) is 1.86. The molecule has 1 N–H and O–H groups in total. The van der Waals surface area contributed by atoms with Gasteiger partial charge in [-0.3, -0.25) is 4.79 Å². The van der Waals surface area contributed by atoms with Crippen molar-refractivity contribution in [3.63, 3.8) is 0 Å². The van der Waals surface area contributed by atoms with Gasteiger partial charge in [0, 0.05) is 5.69 Å². The van der Waals surface area contributed by atoms with E-state index in [2.05, 4.69) is 5.32 Å². The number of sulfonamides is 1. The van der Waals surface area contributed by atoms with E-state index in [1.807, 2.05) is 19.1 Å². The summed E-state index contributed by atoms with van der Waals surface area (Å²) < 4.78 is 29.8. The van der Waals surface area contributed by atoms with Crippen LogP contribution in [0.15, 0.2) is 47.1 Å². The first-order chi connectivity index (χ1) is 10.3. The monoisotopic (exact) mass is 322 g/mol. The first kappa shape index (κ1) is 16.3. The molecule has 1 aromatic carbocycles. The molecular weight excluding hydrogens is 304 g/mol. The van der Waals surface area contributed by atoms with Crippen LogP contribution in [-0.4, -0.2) is 31.4 Å². The molecule has 6 nitrogen and oxygen atoms in total. The highest BCUT2D eigenvalue weighted by atomic mass is 32.2. The van der Waals surface area contributed by atoms with E-state index < -0.39 is 15.9 Å². The molecule has 0 fully saturated rings. The molecule has 0 saturated carbocycles. The van der Waals surface area contributed by atoms with Gasteiger partial charge < -0.3 is 9.73 Å². The second-order valence-corrected chi connectivity index (χ2v) is 7.01. The highest BCUT2D eigenvalue weighted by Crippen LogP contribution is 2.11. The van der Waals surface area contributed by atoms with Gasteiger partial charge in [0.25, 0.3) is 0 Å². The summed E-state index contributed by atoms with van der Waals surface area (Å²) in [5.74, 6) is 0.0781. The van der Waals surface area contributed by atoms with Crippen molar-refractivity contribution in [2.24, 2.45) is 0 Å². The largest absolute Gasteiger partial charge is 0.468 e. The zero-order chi connectivity index (χ0) is 16.2. The molecule has 2 rings (SSSR count). The molecule has 1 aromatic heterocycles. The van der Waals surface area contributed by atoms with Gasteiger partial charge in [0.2, 0.25) is 15.9 Å². The van der Waals surface area contributed by atoms with Crippen LogP contribution < -0.4 is 5.32 Å². The smallest absolute Gasteiger partial charge is 0.239 e. The lowest BCUT2D eigenvalue weighted by molar-refractivity contribution is -0.116. The van der Waals surface area contributed by atoms with Gasteiger partial charge >= 0.3 is 0 Å². The highest BCUT2D eigenvalue weighted by Gasteiger charge is 2.21. The number of carbonyl (C=O) groups excluding carboxylic acids is 1. The van der Waals surface area contributed by atoms with Crippen molar-refractivity contribution in [3.8, 4) is 0 Å². The van der Waals surface area contributed by atoms with E-state index in [1.165, 1.54) is 6.26 Å². The van der Waals surface area contributed by atoms with Crippen molar-refractivity contribution in [1.29, 1.82) is 0 Å². The number of nitrogens with one attached hydrogen (secondary N) is 1. The zero-order valence-corrected chi connectivity index (χ0v) is 13.3. The topological polar surface area (TPSA) is 79.6 Å². The summed E-state index contributed by atoms with van der Waals surface area (Å²) in [7, 11) is -3.52. The van der Waals surface area contributed by atoms with Gasteiger partial charge in [-0.05, 0) is 31.2 Å². The number of amides is 1. The molecule has 0 atom stereocenters. The normalized spacial score (nSPS) is 11.6. The maximum atomic E-state index is 12.0. The van der Waals surface area contributed by atoms with Gasteiger partial charge in [-0.1, -0.05) is 17.7 Å². The second kappa shape index (κ2) is 6.76. The molecule has 22 heavy (non-hydrogen) atoms. The van der Waals surface area contributed by atoms with Crippen molar-refractivity contribution in [2.45, 2.75) is 13.5 Å². The standard InChI is InChI=1S/C15H18N2O4S/c1-12-5-7-13(8-6-12)16-15(18)11-17(22(2,19)20)10-14-4-3-9-21-14/h3-9H,10-11H2,1-2H3,(H,16,18). The first-order valence-electron chi connectivity index (χ1n) is 6.68. The van der Waals surface area contributed by atoms with Gasteiger partial charge in [0.15, 0.2) is 0 Å². The SMILES string of the molecule is Cc1ccc(NC(=O)CN(Cc2ccco2)S(C)(=O)=O)cc1. The van der Waals surface area contributed by atoms with Gasteiger partial charge in [-0.25, -0.2) is 8.42 Å². The van der Waals surface area contributed by atoms with Crippen LogP contribution in [0, 0.1) is 6.92 Å². The number of benzene rings is 1. The molecule has 0 aliphatic rings. The summed E-state index contributed by atoms with van der Waals surface area (Å²) in [6.07, 6.45) is 2.53. The third-order valence-corrected chi connectivity index (χ3v) is 4.23. The van der Waals surface area contributed by atoms with Crippen LogP contribution in [0.3, 0.4) is 0 Å². The van der Waals surface area contributed by atoms with Crippen LogP contribution in [-0.2, 0) is 21.4 Å². The number of carbonyl (C=O) groups is 1. The van der Waals surface area contributed by atoms with Crippen molar-refractivity contribution in [3.05, 3.63) is 54.0 Å². The minimum Gasteiger partial charge on any atom is -0.468 e. The molecule has 0 unspecified atom stereocenters. The number of anilines is 1. The number of rotatable bonds is 6. The average Bonchev–Trinajstić information content (AvgIpc) is 2.92. The number of hydrogen-bond acceptors (Lipinski definition) is 4. The summed E-state index contributed by atoms with van der Waals surface area (Å²) in [5, 5.41) is 2.68. The number of nitrogens with zero attached hydrogens (tertiary/aromatic N) is 1. The van der Waals surface area contributed by atoms with E-state index in [4.69, 9.17) is 4.42 Å². The lowest BCUT2D eigenvalue weighted by Gasteiger charge is -2.18. The first-order valence-corrected chi connectivity index (χ1v) is 8.53. The van der Waals surface area contributed by atoms with Crippen molar-refractivity contribution in [2.75, 3.05) is 18.1 Å². The minimum absolute atomic E-state index is 0.0210. The van der Waals surface area contributed by atoms with E-state index in [1.54, 1.807) is 24.3 Å². The lowest BCUT2D eigenvalue weighted by atomic mass is 10.2. The van der Waals surface area contributed by atoms with Gasteiger partial charge in [0.1, 0.15) is 5.76 Å². The number of furan rings is 1. The second-order valence-electron chi connectivity index (χ2n) is 5.02. The molecule has 0 aliphatic carbocycles. The zero-order valence-electron chi connectivity index (χ0n) is 12.4. The van der Waals surface area contributed by atoms with Crippen molar-refractivity contribution >= 4 is 21.6 Å². The van der Waals surface area contributed by atoms with Gasteiger partial charge in [-0.2, -0.15) is 4.31 Å². The fourth-order valence-corrected chi connectivity index (χ4v) is 2.58. The predicted octanol–water partition coefficient (Wildman–Crippen LogP) is 1.99. The lowest BCUT2D eigenvalue weighted by Crippen LogP contribution is -2.36. The predicted molar refractivity (Wildman–Crippen MR) is 83.8 cm³/mol. The quantitative estimate of drug-likeness (QED) is 0.882. The Balaban J connectivity index is 2.03. The van der Waals surface area contributed by atoms with E-state index in [-0.39, 0.29) is 13.1 Å². The van der Waals surface area contributed by atoms with E-state index in [0.717, 1.165) is 16.1 Å². The Morgan fingerprint density at radius 2 is 1.91 bits per heavy atom. The van der Waals surface area contributed by atoms with Crippen molar-refractivity contribution < 1.29 is 17.6 Å². The number of aryl methyl sites for hydroxylation is 1. The molecule has 7 heteroatoms. The Morgan fingerprint density at radius 3 is 2.45 bits per heavy atom. The summed E-state index contributed by atoms with van der Waals surface area (Å²) in [6.45, 7) is 1.70. The van der Waals surface area contributed by atoms with E-state index in [9.17, 15) is 13.2 Å².